The molecule has 47 heavy (non-hydrogen) atoms. The fourth-order valence-electron chi connectivity index (χ4n) is 6.14. The van der Waals surface area contributed by atoms with Crippen molar-refractivity contribution < 1.29 is 31.9 Å². The second-order valence-corrected chi connectivity index (χ2v) is 14.2. The lowest BCUT2D eigenvalue weighted by Crippen LogP contribution is -2.61. The van der Waals surface area contributed by atoms with Gasteiger partial charge in [0, 0.05) is 41.7 Å². The van der Waals surface area contributed by atoms with E-state index in [1.54, 1.807) is 37.3 Å². The first-order valence-electron chi connectivity index (χ1n) is 14.9. The summed E-state index contributed by atoms with van der Waals surface area (Å²) in [5.74, 6) is -3.04. The van der Waals surface area contributed by atoms with E-state index >= 15 is 4.39 Å². The molecule has 1 saturated carbocycles. The van der Waals surface area contributed by atoms with Crippen LogP contribution in [0.1, 0.15) is 48.8 Å². The van der Waals surface area contributed by atoms with Crippen molar-refractivity contribution in [3.8, 4) is 0 Å². The van der Waals surface area contributed by atoms with Gasteiger partial charge in [0.15, 0.2) is 0 Å². The number of hydrogen-bond acceptors (Lipinski definition) is 7. The third kappa shape index (κ3) is 7.65. The molecule has 3 N–H and O–H groups in total. The van der Waals surface area contributed by atoms with Gasteiger partial charge in [-0.15, -0.1) is 0 Å². The number of benzene rings is 2. The monoisotopic (exact) mass is 688 g/mol. The number of nitrogens with one attached hydrogen (secondary N) is 2. The highest BCUT2D eigenvalue weighted by Gasteiger charge is 2.48. The zero-order valence-electron chi connectivity index (χ0n) is 25.3. The molecule has 2 heterocycles. The maximum Gasteiger partial charge on any atom is 0.407 e. The topological polar surface area (TPSA) is 170 Å². The average molecular weight is 689 g/mol. The minimum absolute atomic E-state index is 0.00868. The standard InChI is InChI=1S/C31H32ClF2N7O5S/c1-18-16-40(31(43)44)17-23(41(18)47(45,46)24-10-11-24)9-12-25-26(34)14-36-15-27(25)37-30(42)29(38-39-35)28(19-5-7-21(32)8-6-19)20-3-2-4-22(33)13-20/h2-8,13-15,18,23-24,28-29,35H,9-12,16-17H2,1H3,(H-,37,42,43,44)/p+1/t18?,23?,28-,29-/m0/s1. The van der Waals surface area contributed by atoms with Crippen molar-refractivity contribution in [3.63, 3.8) is 0 Å². The van der Waals surface area contributed by atoms with Gasteiger partial charge in [-0.05, 0) is 68.0 Å². The SMILES string of the molecule is CC1CN(C(=O)O)CC(CCc2c(F)cncc2NC(=O)[C@@H](N=[N+]=N)[C@@H](c2ccc(Cl)cc2)c2cccc(F)c2)N1S(=O)(=O)C1CC1. The smallest absolute Gasteiger partial charge is 0.407 e. The van der Waals surface area contributed by atoms with Crippen LogP contribution in [0.15, 0.2) is 66.0 Å². The first-order chi connectivity index (χ1) is 22.4. The van der Waals surface area contributed by atoms with Crippen LogP contribution in [0.5, 0.6) is 0 Å². The van der Waals surface area contributed by atoms with E-state index in [0.717, 1.165) is 11.1 Å². The van der Waals surface area contributed by atoms with Gasteiger partial charge < -0.3 is 15.3 Å². The van der Waals surface area contributed by atoms with Crippen molar-refractivity contribution in [2.24, 2.45) is 5.11 Å². The Bertz CT molecular complexity index is 1810. The van der Waals surface area contributed by atoms with E-state index in [4.69, 9.17) is 17.1 Å². The van der Waals surface area contributed by atoms with E-state index in [-0.39, 0.29) is 37.2 Å². The van der Waals surface area contributed by atoms with Crippen LogP contribution in [0.3, 0.4) is 0 Å². The Kier molecular flexibility index (Phi) is 10.3. The fraction of sp³-hybridized carbons (Fsp3) is 0.387. The van der Waals surface area contributed by atoms with E-state index in [1.165, 1.54) is 28.7 Å². The second kappa shape index (κ2) is 14.2. The Morgan fingerprint density at radius 1 is 1.15 bits per heavy atom. The lowest BCUT2D eigenvalue weighted by molar-refractivity contribution is -0.117. The van der Waals surface area contributed by atoms with E-state index in [9.17, 15) is 27.5 Å². The van der Waals surface area contributed by atoms with Crippen LogP contribution in [0.25, 0.3) is 0 Å². The molecule has 0 bridgehead atoms. The van der Waals surface area contributed by atoms with Crippen LogP contribution in [-0.4, -0.2) is 76.2 Å². The molecule has 12 nitrogen and oxygen atoms in total. The lowest BCUT2D eigenvalue weighted by Gasteiger charge is -2.44. The Hall–Kier alpha value is -4.30. The molecule has 5 rings (SSSR count). The molecule has 0 spiro atoms. The molecule has 4 atom stereocenters. The molecule has 2 fully saturated rings. The van der Waals surface area contributed by atoms with Gasteiger partial charge in [0.2, 0.25) is 21.0 Å². The van der Waals surface area contributed by atoms with Crippen molar-refractivity contribution in [1.29, 1.82) is 5.53 Å². The van der Waals surface area contributed by atoms with Crippen molar-refractivity contribution >= 4 is 39.3 Å². The number of amides is 2. The molecule has 1 aromatic heterocycles. The molecule has 16 heteroatoms. The predicted molar refractivity (Wildman–Crippen MR) is 169 cm³/mol. The maximum atomic E-state index is 15.3. The van der Waals surface area contributed by atoms with Crippen LogP contribution in [0.4, 0.5) is 19.3 Å². The third-order valence-corrected chi connectivity index (χ3v) is 11.2. The summed E-state index contributed by atoms with van der Waals surface area (Å²) >= 11 is 6.08. The summed E-state index contributed by atoms with van der Waals surface area (Å²) < 4.78 is 57.8. The number of carboxylic acid groups (broad SMARTS) is 1. The third-order valence-electron chi connectivity index (χ3n) is 8.41. The lowest BCUT2D eigenvalue weighted by atomic mass is 9.84. The fourth-order valence-corrected chi connectivity index (χ4v) is 8.50. The molecule has 3 aromatic rings. The molecule has 2 aliphatic rings. The number of sulfonamides is 1. The van der Waals surface area contributed by atoms with Crippen LogP contribution in [0, 0.1) is 17.2 Å². The van der Waals surface area contributed by atoms with Crippen molar-refractivity contribution in [3.05, 3.63) is 94.3 Å². The van der Waals surface area contributed by atoms with Crippen LogP contribution in [0.2, 0.25) is 5.02 Å². The largest absolute Gasteiger partial charge is 0.465 e. The predicted octanol–water partition coefficient (Wildman–Crippen LogP) is 5.18. The highest BCUT2D eigenvalue weighted by atomic mass is 35.5. The number of nitrogens with zero attached hydrogens (tertiary/aromatic N) is 5. The van der Waals surface area contributed by atoms with Gasteiger partial charge in [0.1, 0.15) is 22.3 Å². The first-order valence-corrected chi connectivity index (χ1v) is 16.8. The van der Waals surface area contributed by atoms with Crippen LogP contribution in [-0.2, 0) is 21.2 Å². The van der Waals surface area contributed by atoms with E-state index in [1.807, 2.05) is 0 Å². The summed E-state index contributed by atoms with van der Waals surface area (Å²) in [5.41, 5.74) is 8.32. The van der Waals surface area contributed by atoms with Gasteiger partial charge in [0.05, 0.1) is 23.3 Å². The molecule has 1 saturated heterocycles. The van der Waals surface area contributed by atoms with Crippen LogP contribution < -0.4 is 10.2 Å². The van der Waals surface area contributed by atoms with Crippen molar-refractivity contribution in [2.75, 3.05) is 18.4 Å². The Morgan fingerprint density at radius 2 is 1.87 bits per heavy atom. The van der Waals surface area contributed by atoms with Gasteiger partial charge in [-0.2, -0.15) is 4.31 Å². The number of piperazine rings is 1. The summed E-state index contributed by atoms with van der Waals surface area (Å²) in [4.78, 5) is 33.9. The first kappa shape index (κ1) is 34.0. The average Bonchev–Trinajstić information content (AvgIpc) is 3.88. The molecule has 2 aromatic carbocycles. The Morgan fingerprint density at radius 3 is 2.51 bits per heavy atom. The minimum atomic E-state index is -3.70. The number of halogens is 3. The van der Waals surface area contributed by atoms with E-state index in [2.05, 4.69) is 20.3 Å². The van der Waals surface area contributed by atoms with E-state index in [0.29, 0.717) is 29.0 Å². The Labute approximate surface area is 275 Å². The highest BCUT2D eigenvalue weighted by molar-refractivity contribution is 7.90. The molecule has 248 valence electrons. The van der Waals surface area contributed by atoms with Crippen molar-refractivity contribution in [1.82, 2.24) is 19.1 Å². The van der Waals surface area contributed by atoms with E-state index < -0.39 is 63.0 Å². The summed E-state index contributed by atoms with van der Waals surface area (Å²) in [6.07, 6.45) is 2.05. The summed E-state index contributed by atoms with van der Waals surface area (Å²) in [6, 6.07) is 9.21. The number of rotatable bonds is 11. The normalized spacial score (nSPS) is 19.8. The zero-order chi connectivity index (χ0) is 33.9. The maximum absolute atomic E-state index is 15.3. The molecule has 2 unspecified atom stereocenters. The molecule has 1 aliphatic carbocycles. The second-order valence-electron chi connectivity index (χ2n) is 11.7. The van der Waals surface area contributed by atoms with Gasteiger partial charge in [-0.25, -0.2) is 22.0 Å². The molecule has 1 aliphatic heterocycles. The summed E-state index contributed by atoms with van der Waals surface area (Å²) in [5, 5.41) is 16.1. The van der Waals surface area contributed by atoms with Gasteiger partial charge in [-0.1, -0.05) is 35.9 Å². The molecular weight excluding hydrogens is 656 g/mol. The van der Waals surface area contributed by atoms with Crippen LogP contribution >= 0.6 is 11.6 Å². The van der Waals surface area contributed by atoms with Gasteiger partial charge in [-0.3, -0.25) is 9.78 Å². The van der Waals surface area contributed by atoms with Crippen molar-refractivity contribution in [2.45, 2.75) is 61.9 Å². The van der Waals surface area contributed by atoms with Gasteiger partial charge in [0.25, 0.3) is 5.91 Å². The minimum Gasteiger partial charge on any atom is -0.465 e. The number of carbonyl (C=O) groups excluding carboxylic acids is 1. The number of hydrogen-bond donors (Lipinski definition) is 3. The number of aromatic nitrogens is 1. The zero-order valence-corrected chi connectivity index (χ0v) is 26.8. The molecule has 2 amide bonds. The highest BCUT2D eigenvalue weighted by Crippen LogP contribution is 2.36. The summed E-state index contributed by atoms with van der Waals surface area (Å²) in [7, 11) is -3.70. The molecular formula is C31H33ClF2N7O5S+. The quantitative estimate of drug-likeness (QED) is 0.185. The number of pyridine rings is 1. The summed E-state index contributed by atoms with van der Waals surface area (Å²) in [6.45, 7) is 1.56. The Balaban J connectivity index is 1.44. The number of carbonyl (C=O) groups is 2. The van der Waals surface area contributed by atoms with Gasteiger partial charge >= 0.3 is 6.09 Å². The number of anilines is 1. The molecule has 0 radical (unpaired) electrons.